The van der Waals surface area contributed by atoms with E-state index in [9.17, 15) is 13.2 Å². The number of carbonyl (C=O) groups is 1. The smallest absolute Gasteiger partial charge is 0.264 e. The van der Waals surface area contributed by atoms with E-state index in [1.807, 2.05) is 49.4 Å². The molecule has 1 N–H and O–H groups in total. The van der Waals surface area contributed by atoms with Crippen molar-refractivity contribution in [1.29, 1.82) is 0 Å². The van der Waals surface area contributed by atoms with E-state index >= 15 is 0 Å². The molecular formula is C31H31N3O6S. The van der Waals surface area contributed by atoms with Gasteiger partial charge < -0.3 is 14.2 Å². The molecule has 212 valence electrons. The molecule has 0 aromatic heterocycles. The number of aryl methyl sites for hydroxylation is 1. The normalized spacial score (nSPS) is 11.2. The maximum Gasteiger partial charge on any atom is 0.264 e. The van der Waals surface area contributed by atoms with Crippen LogP contribution in [0.4, 0.5) is 5.69 Å². The lowest BCUT2D eigenvalue weighted by atomic mass is 10.2. The van der Waals surface area contributed by atoms with Gasteiger partial charge in [-0.05, 0) is 48.9 Å². The number of nitrogens with zero attached hydrogens (tertiary/aromatic N) is 2. The minimum Gasteiger partial charge on any atom is -0.497 e. The van der Waals surface area contributed by atoms with Gasteiger partial charge in [0.15, 0.2) is 0 Å². The van der Waals surface area contributed by atoms with Gasteiger partial charge in [-0.1, -0.05) is 60.2 Å². The van der Waals surface area contributed by atoms with E-state index in [2.05, 4.69) is 10.5 Å². The summed E-state index contributed by atoms with van der Waals surface area (Å²) in [4.78, 5) is 13.1. The van der Waals surface area contributed by atoms with Gasteiger partial charge in [0.05, 0.1) is 31.0 Å². The fraction of sp³-hybridized carbons (Fsp3) is 0.161. The van der Waals surface area contributed by atoms with E-state index < -0.39 is 22.5 Å². The lowest BCUT2D eigenvalue weighted by Gasteiger charge is -2.25. The van der Waals surface area contributed by atoms with Gasteiger partial charge in [0.25, 0.3) is 15.9 Å². The number of para-hydroxylation sites is 1. The highest BCUT2D eigenvalue weighted by atomic mass is 32.2. The van der Waals surface area contributed by atoms with Gasteiger partial charge in [-0.3, -0.25) is 9.10 Å². The van der Waals surface area contributed by atoms with Crippen LogP contribution in [0.5, 0.6) is 17.2 Å². The number of rotatable bonds is 12. The minimum absolute atomic E-state index is 0.0294. The van der Waals surface area contributed by atoms with Crippen LogP contribution in [0.25, 0.3) is 0 Å². The Hall–Kier alpha value is -4.83. The molecule has 10 heteroatoms. The summed E-state index contributed by atoms with van der Waals surface area (Å²) in [5.74, 6) is 0.625. The molecule has 0 radical (unpaired) electrons. The molecule has 4 aromatic rings. The number of methoxy groups -OCH3 is 2. The second-order valence-electron chi connectivity index (χ2n) is 8.97. The zero-order chi connectivity index (χ0) is 29.2. The molecule has 0 aliphatic heterocycles. The monoisotopic (exact) mass is 573 g/mol. The Kier molecular flexibility index (Phi) is 9.60. The molecule has 4 aromatic carbocycles. The van der Waals surface area contributed by atoms with Gasteiger partial charge in [-0.2, -0.15) is 5.10 Å². The molecule has 0 unspecified atom stereocenters. The first-order valence-corrected chi connectivity index (χ1v) is 14.1. The van der Waals surface area contributed by atoms with Crippen LogP contribution in [0.3, 0.4) is 0 Å². The van der Waals surface area contributed by atoms with Gasteiger partial charge in [-0.15, -0.1) is 0 Å². The molecule has 0 fully saturated rings. The second-order valence-corrected chi connectivity index (χ2v) is 10.8. The number of benzene rings is 4. The van der Waals surface area contributed by atoms with Crippen LogP contribution in [-0.2, 0) is 21.4 Å². The van der Waals surface area contributed by atoms with Crippen molar-refractivity contribution >= 4 is 27.8 Å². The molecule has 0 saturated heterocycles. The Bertz CT molecular complexity index is 1610. The van der Waals surface area contributed by atoms with Crippen LogP contribution < -0.4 is 23.9 Å². The van der Waals surface area contributed by atoms with Crippen LogP contribution in [0.2, 0.25) is 0 Å². The third-order valence-corrected chi connectivity index (χ3v) is 7.87. The molecule has 0 bridgehead atoms. The summed E-state index contributed by atoms with van der Waals surface area (Å²) < 4.78 is 45.1. The van der Waals surface area contributed by atoms with Crippen molar-refractivity contribution in [3.8, 4) is 17.2 Å². The van der Waals surface area contributed by atoms with Crippen molar-refractivity contribution < 1.29 is 27.4 Å². The molecule has 1 amide bonds. The first kappa shape index (κ1) is 29.2. The highest BCUT2D eigenvalue weighted by molar-refractivity contribution is 7.92. The average Bonchev–Trinajstić information content (AvgIpc) is 2.99. The number of nitrogens with one attached hydrogen (secondary N) is 1. The summed E-state index contributed by atoms with van der Waals surface area (Å²) in [6.07, 6.45) is 1.45. The molecule has 0 saturated carbocycles. The van der Waals surface area contributed by atoms with Crippen molar-refractivity contribution in [3.63, 3.8) is 0 Å². The Morgan fingerprint density at radius 3 is 2.29 bits per heavy atom. The largest absolute Gasteiger partial charge is 0.497 e. The van der Waals surface area contributed by atoms with E-state index in [4.69, 9.17) is 14.2 Å². The third-order valence-electron chi connectivity index (χ3n) is 6.10. The number of carbonyl (C=O) groups excluding carboxylic acids is 1. The van der Waals surface area contributed by atoms with Gasteiger partial charge >= 0.3 is 0 Å². The van der Waals surface area contributed by atoms with Crippen molar-refractivity contribution in [2.75, 3.05) is 25.1 Å². The Morgan fingerprint density at radius 1 is 0.878 bits per heavy atom. The number of hydrazone groups is 1. The minimum atomic E-state index is -4.16. The predicted octanol–water partition coefficient (Wildman–Crippen LogP) is 4.94. The van der Waals surface area contributed by atoms with E-state index in [0.29, 0.717) is 23.7 Å². The fourth-order valence-electron chi connectivity index (χ4n) is 3.92. The van der Waals surface area contributed by atoms with Crippen LogP contribution in [-0.4, -0.2) is 41.3 Å². The first-order chi connectivity index (χ1) is 19.8. The molecule has 0 aliphatic carbocycles. The van der Waals surface area contributed by atoms with Crippen LogP contribution in [0, 0.1) is 6.92 Å². The Balaban J connectivity index is 1.55. The van der Waals surface area contributed by atoms with E-state index in [1.165, 1.54) is 38.6 Å². The summed E-state index contributed by atoms with van der Waals surface area (Å²) in [7, 11) is -1.25. The predicted molar refractivity (Wildman–Crippen MR) is 158 cm³/mol. The lowest BCUT2D eigenvalue weighted by Crippen LogP contribution is -2.39. The first-order valence-electron chi connectivity index (χ1n) is 12.7. The van der Waals surface area contributed by atoms with Gasteiger partial charge in [0, 0.05) is 11.6 Å². The zero-order valence-corrected chi connectivity index (χ0v) is 23.8. The molecule has 0 atom stereocenters. The molecule has 9 nitrogen and oxygen atoms in total. The van der Waals surface area contributed by atoms with Crippen LogP contribution >= 0.6 is 0 Å². The summed E-state index contributed by atoms with van der Waals surface area (Å²) >= 11 is 0. The number of ether oxygens (including phenoxy) is 3. The number of hydrogen-bond donors (Lipinski definition) is 1. The number of anilines is 1. The number of sulfonamides is 1. The maximum absolute atomic E-state index is 13.7. The average molecular weight is 574 g/mol. The number of hydrogen-bond acceptors (Lipinski definition) is 7. The Morgan fingerprint density at radius 2 is 1.59 bits per heavy atom. The van der Waals surface area contributed by atoms with Crippen molar-refractivity contribution in [3.05, 3.63) is 114 Å². The standard InChI is InChI=1S/C31H31N3O6S/c1-23-13-16-27(17-14-23)41(36,37)34(28-18-15-26(38-2)19-30(28)39-3)21-31(35)33-32-20-25-11-7-8-12-29(25)40-22-24-9-5-4-6-10-24/h4-20H,21-22H2,1-3H3,(H,33,35)/b32-20-. The zero-order valence-electron chi connectivity index (χ0n) is 23.0. The number of amides is 1. The van der Waals surface area contributed by atoms with Crippen LogP contribution in [0.1, 0.15) is 16.7 Å². The molecule has 0 aliphatic rings. The van der Waals surface area contributed by atoms with E-state index in [-0.39, 0.29) is 16.3 Å². The quantitative estimate of drug-likeness (QED) is 0.190. The highest BCUT2D eigenvalue weighted by Gasteiger charge is 2.29. The summed E-state index contributed by atoms with van der Waals surface area (Å²) in [5, 5.41) is 4.06. The maximum atomic E-state index is 13.7. The molecular weight excluding hydrogens is 542 g/mol. The van der Waals surface area contributed by atoms with Gasteiger partial charge in [-0.25, -0.2) is 13.8 Å². The summed E-state index contributed by atoms with van der Waals surface area (Å²) in [6, 6.07) is 28.1. The van der Waals surface area contributed by atoms with Gasteiger partial charge in [0.2, 0.25) is 0 Å². The lowest BCUT2D eigenvalue weighted by molar-refractivity contribution is -0.119. The fourth-order valence-corrected chi connectivity index (χ4v) is 5.35. The second kappa shape index (κ2) is 13.5. The third kappa shape index (κ3) is 7.43. The van der Waals surface area contributed by atoms with Crippen molar-refractivity contribution in [2.45, 2.75) is 18.4 Å². The topological polar surface area (TPSA) is 107 Å². The highest BCUT2D eigenvalue weighted by Crippen LogP contribution is 2.35. The van der Waals surface area contributed by atoms with E-state index in [1.54, 1.807) is 36.4 Å². The summed E-state index contributed by atoms with van der Waals surface area (Å²) in [5.41, 5.74) is 5.16. The van der Waals surface area contributed by atoms with Gasteiger partial charge in [0.1, 0.15) is 30.4 Å². The molecule has 0 spiro atoms. The molecule has 0 heterocycles. The SMILES string of the molecule is COc1ccc(N(CC(=O)N/N=C\c2ccccc2OCc2ccccc2)S(=O)(=O)c2ccc(C)cc2)c(OC)c1. The molecule has 4 rings (SSSR count). The van der Waals surface area contributed by atoms with Crippen molar-refractivity contribution in [1.82, 2.24) is 5.43 Å². The van der Waals surface area contributed by atoms with Crippen LogP contribution in [0.15, 0.2) is 107 Å². The molecule has 41 heavy (non-hydrogen) atoms. The summed E-state index contributed by atoms with van der Waals surface area (Å²) in [6.45, 7) is 1.67. The van der Waals surface area contributed by atoms with Crippen molar-refractivity contribution in [2.24, 2.45) is 5.10 Å². The Labute approximate surface area is 240 Å². The van der Waals surface area contributed by atoms with E-state index in [0.717, 1.165) is 15.4 Å².